The van der Waals surface area contributed by atoms with Crippen LogP contribution in [0.3, 0.4) is 0 Å². The highest BCUT2D eigenvalue weighted by Gasteiger charge is 2.30. The lowest BCUT2D eigenvalue weighted by Crippen LogP contribution is -2.52. The third-order valence-electron chi connectivity index (χ3n) is 5.99. The van der Waals surface area contributed by atoms with Gasteiger partial charge in [-0.3, -0.25) is 9.59 Å². The average molecular weight is 441 g/mol. The molecule has 0 unspecified atom stereocenters. The van der Waals surface area contributed by atoms with Crippen LogP contribution in [0.25, 0.3) is 0 Å². The van der Waals surface area contributed by atoms with Gasteiger partial charge < -0.3 is 15.0 Å². The van der Waals surface area contributed by atoms with Gasteiger partial charge in [-0.15, -0.1) is 0 Å². The summed E-state index contributed by atoms with van der Waals surface area (Å²) < 4.78 is 18.7. The van der Waals surface area contributed by atoms with Crippen LogP contribution >= 0.6 is 0 Å². The minimum atomic E-state index is -0.581. The molecule has 1 aliphatic rings. The Kier molecular flexibility index (Phi) is 8.65. The fraction of sp³-hybridized carbons (Fsp3) is 0.462. The van der Waals surface area contributed by atoms with Gasteiger partial charge in [-0.1, -0.05) is 56.0 Å². The fourth-order valence-electron chi connectivity index (χ4n) is 4.11. The fourth-order valence-corrected chi connectivity index (χ4v) is 4.11. The molecule has 172 valence electrons. The van der Waals surface area contributed by atoms with Gasteiger partial charge >= 0.3 is 0 Å². The Hall–Kier alpha value is -2.89. The number of carbonyl (C=O) groups excluding carboxylic acids is 2. The number of carbonyl (C=O) groups is 2. The molecular formula is C26H33FN2O3. The number of amides is 2. The molecule has 0 aromatic heterocycles. The standard InChI is InChI=1S/C26H33FN2O3/c1-3-24(26(31)28-22-7-5-4-6-8-22)29(17-20-11-9-19(2)10-12-20)25(30)18-32-23-15-13-21(27)14-16-23/h9-16,22,24H,3-8,17-18H2,1-2H3,(H,28,31)/t24-/m0/s1. The molecule has 1 aliphatic carbocycles. The van der Waals surface area contributed by atoms with Gasteiger partial charge in [0.2, 0.25) is 5.91 Å². The molecule has 6 heteroatoms. The van der Waals surface area contributed by atoms with E-state index >= 15 is 0 Å². The summed E-state index contributed by atoms with van der Waals surface area (Å²) in [5, 5.41) is 3.16. The molecule has 2 aromatic carbocycles. The smallest absolute Gasteiger partial charge is 0.261 e. The quantitative estimate of drug-likeness (QED) is 0.611. The SMILES string of the molecule is CC[C@@H](C(=O)NC1CCCCC1)N(Cc1ccc(C)cc1)C(=O)COc1ccc(F)cc1. The highest BCUT2D eigenvalue weighted by atomic mass is 19.1. The molecule has 1 atom stereocenters. The molecular weight excluding hydrogens is 407 g/mol. The van der Waals surface area contributed by atoms with Crippen molar-refractivity contribution < 1.29 is 18.7 Å². The summed E-state index contributed by atoms with van der Waals surface area (Å²) in [6.45, 7) is 4.03. The molecule has 2 amide bonds. The topological polar surface area (TPSA) is 58.6 Å². The van der Waals surface area contributed by atoms with E-state index in [0.717, 1.165) is 36.8 Å². The lowest BCUT2D eigenvalue weighted by Gasteiger charge is -2.32. The second-order valence-corrected chi connectivity index (χ2v) is 8.52. The summed E-state index contributed by atoms with van der Waals surface area (Å²) in [5.41, 5.74) is 2.09. The van der Waals surface area contributed by atoms with Crippen molar-refractivity contribution in [3.05, 3.63) is 65.5 Å². The van der Waals surface area contributed by atoms with Crippen molar-refractivity contribution in [1.82, 2.24) is 10.2 Å². The van der Waals surface area contributed by atoms with E-state index in [-0.39, 0.29) is 30.3 Å². The Labute approximate surface area is 190 Å². The van der Waals surface area contributed by atoms with Crippen LogP contribution in [0.1, 0.15) is 56.6 Å². The largest absolute Gasteiger partial charge is 0.484 e. The zero-order valence-corrected chi connectivity index (χ0v) is 19.0. The average Bonchev–Trinajstić information content (AvgIpc) is 2.80. The molecule has 1 fully saturated rings. The number of rotatable bonds is 9. The van der Waals surface area contributed by atoms with Crippen LogP contribution in [0.15, 0.2) is 48.5 Å². The first-order valence-corrected chi connectivity index (χ1v) is 11.5. The summed E-state index contributed by atoms with van der Waals surface area (Å²) in [4.78, 5) is 28.0. The van der Waals surface area contributed by atoms with Gasteiger partial charge in [-0.25, -0.2) is 4.39 Å². The molecule has 0 radical (unpaired) electrons. The molecule has 32 heavy (non-hydrogen) atoms. The van der Waals surface area contributed by atoms with Crippen molar-refractivity contribution in [2.24, 2.45) is 0 Å². The van der Waals surface area contributed by atoms with Gasteiger partial charge in [0.25, 0.3) is 5.91 Å². The van der Waals surface area contributed by atoms with E-state index in [4.69, 9.17) is 4.74 Å². The predicted octanol–water partition coefficient (Wildman–Crippen LogP) is 4.77. The number of halogens is 1. The first-order valence-electron chi connectivity index (χ1n) is 11.5. The van der Waals surface area contributed by atoms with Gasteiger partial charge in [0.1, 0.15) is 17.6 Å². The maximum Gasteiger partial charge on any atom is 0.261 e. The normalized spacial score (nSPS) is 15.1. The lowest BCUT2D eigenvalue weighted by atomic mass is 9.95. The van der Waals surface area contributed by atoms with Gasteiger partial charge in [0.15, 0.2) is 6.61 Å². The minimum absolute atomic E-state index is 0.110. The Balaban J connectivity index is 1.73. The molecule has 1 N–H and O–H groups in total. The number of nitrogens with zero attached hydrogens (tertiary/aromatic N) is 1. The van der Waals surface area contributed by atoms with Crippen molar-refractivity contribution in [3.63, 3.8) is 0 Å². The van der Waals surface area contributed by atoms with E-state index in [2.05, 4.69) is 5.32 Å². The molecule has 1 saturated carbocycles. The second-order valence-electron chi connectivity index (χ2n) is 8.52. The first-order chi connectivity index (χ1) is 15.5. The van der Waals surface area contributed by atoms with E-state index in [0.29, 0.717) is 18.7 Å². The van der Waals surface area contributed by atoms with Crippen molar-refractivity contribution >= 4 is 11.8 Å². The number of nitrogens with one attached hydrogen (secondary N) is 1. The van der Waals surface area contributed by atoms with E-state index in [1.165, 1.54) is 30.7 Å². The number of hydrogen-bond donors (Lipinski definition) is 1. The van der Waals surface area contributed by atoms with Crippen molar-refractivity contribution in [2.75, 3.05) is 6.61 Å². The molecule has 0 aliphatic heterocycles. The monoisotopic (exact) mass is 440 g/mol. The van der Waals surface area contributed by atoms with E-state index in [1.807, 2.05) is 38.1 Å². The summed E-state index contributed by atoms with van der Waals surface area (Å²) in [6.07, 6.45) is 5.94. The Morgan fingerprint density at radius 3 is 2.34 bits per heavy atom. The van der Waals surface area contributed by atoms with Crippen LogP contribution in [-0.4, -0.2) is 35.4 Å². The van der Waals surface area contributed by atoms with Crippen molar-refractivity contribution in [3.8, 4) is 5.75 Å². The van der Waals surface area contributed by atoms with Gasteiger partial charge in [-0.05, 0) is 56.0 Å². The van der Waals surface area contributed by atoms with Crippen LogP contribution in [-0.2, 0) is 16.1 Å². The van der Waals surface area contributed by atoms with Crippen LogP contribution in [0.2, 0.25) is 0 Å². The first kappa shape index (κ1) is 23.8. The van der Waals surface area contributed by atoms with Gasteiger partial charge in [0, 0.05) is 12.6 Å². The van der Waals surface area contributed by atoms with Crippen LogP contribution in [0.5, 0.6) is 5.75 Å². The lowest BCUT2D eigenvalue weighted by molar-refractivity contribution is -0.143. The molecule has 5 nitrogen and oxygen atoms in total. The number of hydrogen-bond acceptors (Lipinski definition) is 3. The summed E-state index contributed by atoms with van der Waals surface area (Å²) >= 11 is 0. The third-order valence-corrected chi connectivity index (χ3v) is 5.99. The van der Waals surface area contributed by atoms with Crippen LogP contribution < -0.4 is 10.1 Å². The highest BCUT2D eigenvalue weighted by molar-refractivity contribution is 5.88. The molecule has 3 rings (SSSR count). The zero-order valence-electron chi connectivity index (χ0n) is 19.0. The number of aryl methyl sites for hydroxylation is 1. The van der Waals surface area contributed by atoms with Gasteiger partial charge in [-0.2, -0.15) is 0 Å². The Bertz CT molecular complexity index is 877. The highest BCUT2D eigenvalue weighted by Crippen LogP contribution is 2.19. The number of ether oxygens (including phenoxy) is 1. The third kappa shape index (κ3) is 6.81. The summed E-state index contributed by atoms with van der Waals surface area (Å²) in [6, 6.07) is 13.1. The predicted molar refractivity (Wildman–Crippen MR) is 123 cm³/mol. The van der Waals surface area contributed by atoms with Crippen LogP contribution in [0, 0.1) is 12.7 Å². The minimum Gasteiger partial charge on any atom is -0.484 e. The molecule has 0 heterocycles. The second kappa shape index (κ2) is 11.7. The van der Waals surface area contributed by atoms with Gasteiger partial charge in [0.05, 0.1) is 0 Å². The summed E-state index contributed by atoms with van der Waals surface area (Å²) in [5.74, 6) is -0.341. The molecule has 0 spiro atoms. The Morgan fingerprint density at radius 1 is 1.06 bits per heavy atom. The van der Waals surface area contributed by atoms with E-state index in [9.17, 15) is 14.0 Å². The van der Waals surface area contributed by atoms with E-state index < -0.39 is 6.04 Å². The van der Waals surface area contributed by atoms with Crippen molar-refractivity contribution in [2.45, 2.75) is 71.0 Å². The van der Waals surface area contributed by atoms with Crippen LogP contribution in [0.4, 0.5) is 4.39 Å². The van der Waals surface area contributed by atoms with Crippen molar-refractivity contribution in [1.29, 1.82) is 0 Å². The number of benzene rings is 2. The zero-order chi connectivity index (χ0) is 22.9. The Morgan fingerprint density at radius 2 is 1.72 bits per heavy atom. The molecule has 0 bridgehead atoms. The molecule has 0 saturated heterocycles. The maximum atomic E-state index is 13.2. The maximum absolute atomic E-state index is 13.2. The summed E-state index contributed by atoms with van der Waals surface area (Å²) in [7, 11) is 0. The molecule has 2 aromatic rings. The van der Waals surface area contributed by atoms with E-state index in [1.54, 1.807) is 4.90 Å².